The van der Waals surface area contributed by atoms with Gasteiger partial charge in [0.05, 0.1) is 19.3 Å². The second-order valence-electron chi connectivity index (χ2n) is 8.17. The molecule has 4 aromatic rings. The average molecular weight is 586 g/mol. The summed E-state index contributed by atoms with van der Waals surface area (Å²) in [5.74, 6) is -1.07. The lowest BCUT2D eigenvalue weighted by atomic mass is 10.2. The third kappa shape index (κ3) is 6.14. The average Bonchev–Trinajstić information content (AvgIpc) is 3.45. The maximum absolute atomic E-state index is 13.2. The second-order valence-corrected chi connectivity index (χ2v) is 9.04. The fourth-order valence-corrected chi connectivity index (χ4v) is 3.81. The summed E-state index contributed by atoms with van der Waals surface area (Å²) in [5.41, 5.74) is -0.314. The van der Waals surface area contributed by atoms with E-state index in [1.165, 1.54) is 49.2 Å². The normalized spacial score (nSPS) is 12.5. The van der Waals surface area contributed by atoms with Gasteiger partial charge in [-0.3, -0.25) is 14.2 Å². The third-order valence-electron chi connectivity index (χ3n) is 5.50. The van der Waals surface area contributed by atoms with Crippen LogP contribution in [0.4, 0.5) is 13.2 Å². The van der Waals surface area contributed by atoms with Crippen LogP contribution in [0, 0.1) is 0 Å². The van der Waals surface area contributed by atoms with E-state index in [0.29, 0.717) is 20.3 Å². The Bertz CT molecular complexity index is 1550. The number of alkyl halides is 3. The topological polar surface area (TPSA) is 120 Å². The van der Waals surface area contributed by atoms with Gasteiger partial charge >= 0.3 is 17.8 Å². The van der Waals surface area contributed by atoms with Crippen molar-refractivity contribution in [2.75, 3.05) is 14.2 Å². The molecule has 1 atom stereocenters. The molecule has 2 heterocycles. The van der Waals surface area contributed by atoms with Gasteiger partial charge in [-0.25, -0.2) is 24.2 Å². The number of aromatic nitrogens is 6. The minimum atomic E-state index is -4.97. The Morgan fingerprint density at radius 1 is 1.13 bits per heavy atom. The molecular weight excluding hydrogens is 566 g/mol. The first-order valence-electron chi connectivity index (χ1n) is 11.1. The number of nitrogens with zero attached hydrogens (tertiary/aromatic N) is 7. The molecule has 0 aliphatic carbocycles. The Morgan fingerprint density at radius 2 is 1.82 bits per heavy atom. The van der Waals surface area contributed by atoms with Crippen LogP contribution >= 0.6 is 23.2 Å². The fraction of sp³-hybridized carbons (Fsp3) is 0.261. The van der Waals surface area contributed by atoms with E-state index in [9.17, 15) is 27.9 Å². The van der Waals surface area contributed by atoms with Gasteiger partial charge in [-0.1, -0.05) is 29.3 Å². The van der Waals surface area contributed by atoms with Crippen molar-refractivity contribution in [3.63, 3.8) is 0 Å². The number of carbonyl (C=O) groups is 1. The van der Waals surface area contributed by atoms with E-state index in [0.717, 1.165) is 9.75 Å². The molecule has 2 aromatic carbocycles. The zero-order chi connectivity index (χ0) is 28.5. The molecule has 16 heteroatoms. The molecular formula is C23H20Cl2F3N7O4. The first-order valence-corrected chi connectivity index (χ1v) is 11.9. The van der Waals surface area contributed by atoms with Gasteiger partial charge in [0, 0.05) is 22.7 Å². The third-order valence-corrected chi connectivity index (χ3v) is 5.99. The highest BCUT2D eigenvalue weighted by atomic mass is 35.5. The van der Waals surface area contributed by atoms with Gasteiger partial charge in [-0.05, 0) is 42.5 Å². The van der Waals surface area contributed by atoms with Crippen LogP contribution in [0.2, 0.25) is 10.0 Å². The highest BCUT2D eigenvalue weighted by molar-refractivity contribution is 6.31. The summed E-state index contributed by atoms with van der Waals surface area (Å²) in [6, 6.07) is 12.3. The molecule has 206 valence electrons. The number of hydrogen-bond donors (Lipinski definition) is 1. The van der Waals surface area contributed by atoms with Crippen molar-refractivity contribution in [1.82, 2.24) is 34.2 Å². The molecule has 0 aliphatic rings. The Balaban J connectivity index is 1.80. The summed E-state index contributed by atoms with van der Waals surface area (Å²) in [6.07, 6.45) is -7.80. The van der Waals surface area contributed by atoms with Gasteiger partial charge in [-0.15, -0.1) is 10.2 Å². The number of amides is 1. The smallest absolute Gasteiger partial charge is 0.382 e. The molecule has 11 nitrogen and oxygen atoms in total. The van der Waals surface area contributed by atoms with Crippen LogP contribution in [0.25, 0.3) is 17.1 Å². The number of aliphatic hydroxyl groups is 1. The summed E-state index contributed by atoms with van der Waals surface area (Å²) in [5, 5.41) is 19.8. The summed E-state index contributed by atoms with van der Waals surface area (Å²) < 4.78 is 42.1. The van der Waals surface area contributed by atoms with Crippen molar-refractivity contribution in [3.05, 3.63) is 80.7 Å². The van der Waals surface area contributed by atoms with E-state index in [1.807, 2.05) is 0 Å². The lowest BCUT2D eigenvalue weighted by Gasteiger charge is -2.15. The van der Waals surface area contributed by atoms with Crippen molar-refractivity contribution < 1.29 is 27.9 Å². The molecule has 0 saturated carbocycles. The molecule has 1 N–H and O–H groups in total. The summed E-state index contributed by atoms with van der Waals surface area (Å²) in [6.45, 7) is -1.52. The molecule has 39 heavy (non-hydrogen) atoms. The highest BCUT2D eigenvalue weighted by Gasteiger charge is 2.39. The monoisotopic (exact) mass is 585 g/mol. The maximum atomic E-state index is 13.2. The van der Waals surface area contributed by atoms with Crippen molar-refractivity contribution in [2.45, 2.75) is 25.4 Å². The maximum Gasteiger partial charge on any atom is 0.416 e. The molecule has 0 aliphatic heterocycles. The number of rotatable bonds is 8. The van der Waals surface area contributed by atoms with Crippen LogP contribution in [0.15, 0.2) is 53.3 Å². The molecule has 0 fully saturated rings. The number of hydroxylamine groups is 2. The predicted molar refractivity (Wildman–Crippen MR) is 134 cm³/mol. The van der Waals surface area contributed by atoms with E-state index in [1.54, 1.807) is 18.2 Å². The van der Waals surface area contributed by atoms with Crippen LogP contribution in [0.5, 0.6) is 0 Å². The molecule has 0 spiro atoms. The van der Waals surface area contributed by atoms with Gasteiger partial charge in [-0.2, -0.15) is 13.2 Å². The van der Waals surface area contributed by atoms with Crippen molar-refractivity contribution in [1.29, 1.82) is 0 Å². The Labute approximate surface area is 228 Å². The van der Waals surface area contributed by atoms with Crippen molar-refractivity contribution >= 4 is 29.1 Å². The lowest BCUT2D eigenvalue weighted by Crippen LogP contribution is -2.37. The summed E-state index contributed by atoms with van der Waals surface area (Å²) in [4.78, 5) is 35.2. The first kappa shape index (κ1) is 28.3. The van der Waals surface area contributed by atoms with Gasteiger partial charge < -0.3 is 5.11 Å². The standard InChI is InChI=1S/C23H20Cl2F3N7O4/c1-32(39-2)21(37)20-29-18(30-35(20)16-5-3-4-15(25)10-16)12-34-22(38)33(11-17(36)23(26,27)28)19(31-34)13-6-8-14(24)9-7-13/h3-10,17,36H,11-12H2,1-2H3/t17-/m0/s1. The zero-order valence-corrected chi connectivity index (χ0v) is 21.8. The molecule has 2 aromatic heterocycles. The molecule has 0 saturated heterocycles. The fourth-order valence-electron chi connectivity index (χ4n) is 3.50. The van der Waals surface area contributed by atoms with E-state index >= 15 is 0 Å². The molecule has 4 rings (SSSR count). The quantitative estimate of drug-likeness (QED) is 0.315. The molecule has 0 bridgehead atoms. The molecule has 0 radical (unpaired) electrons. The Kier molecular flexibility index (Phi) is 8.11. The Morgan fingerprint density at radius 3 is 2.44 bits per heavy atom. The molecule has 1 amide bonds. The van der Waals surface area contributed by atoms with Gasteiger partial charge in [0.25, 0.3) is 0 Å². The van der Waals surface area contributed by atoms with E-state index in [4.69, 9.17) is 28.0 Å². The summed E-state index contributed by atoms with van der Waals surface area (Å²) >= 11 is 12.0. The van der Waals surface area contributed by atoms with Crippen molar-refractivity contribution in [3.8, 4) is 17.1 Å². The van der Waals surface area contributed by atoms with E-state index in [-0.39, 0.29) is 23.0 Å². The predicted octanol–water partition coefficient (Wildman–Crippen LogP) is 3.20. The van der Waals surface area contributed by atoms with Crippen LogP contribution in [0.1, 0.15) is 16.4 Å². The van der Waals surface area contributed by atoms with Crippen LogP contribution < -0.4 is 5.69 Å². The SMILES string of the molecule is CON(C)C(=O)c1nc(Cn2nc(-c3ccc(Cl)cc3)n(C[C@H](O)C(F)(F)F)c2=O)nn1-c1cccc(Cl)c1. The lowest BCUT2D eigenvalue weighted by molar-refractivity contribution is -0.207. The minimum Gasteiger partial charge on any atom is -0.382 e. The minimum absolute atomic E-state index is 0.0615. The molecule has 0 unspecified atom stereocenters. The van der Waals surface area contributed by atoms with E-state index < -0.39 is 37.0 Å². The first-order chi connectivity index (χ1) is 18.4. The van der Waals surface area contributed by atoms with Crippen LogP contribution in [0.3, 0.4) is 0 Å². The van der Waals surface area contributed by atoms with Crippen LogP contribution in [-0.2, 0) is 17.9 Å². The van der Waals surface area contributed by atoms with E-state index in [2.05, 4.69) is 15.2 Å². The number of carbonyl (C=O) groups excluding carboxylic acids is 1. The van der Waals surface area contributed by atoms with Gasteiger partial charge in [0.15, 0.2) is 17.8 Å². The van der Waals surface area contributed by atoms with Gasteiger partial charge in [0.2, 0.25) is 5.82 Å². The number of halogens is 5. The largest absolute Gasteiger partial charge is 0.416 e. The Hall–Kier alpha value is -3.72. The highest BCUT2D eigenvalue weighted by Crippen LogP contribution is 2.24. The summed E-state index contributed by atoms with van der Waals surface area (Å²) in [7, 11) is 2.63. The number of hydrogen-bond acceptors (Lipinski definition) is 7. The van der Waals surface area contributed by atoms with Crippen LogP contribution in [-0.4, -0.2) is 71.6 Å². The number of benzene rings is 2. The van der Waals surface area contributed by atoms with Gasteiger partial charge in [0.1, 0.15) is 6.54 Å². The number of aliphatic hydroxyl groups excluding tert-OH is 1. The van der Waals surface area contributed by atoms with Crippen molar-refractivity contribution in [2.24, 2.45) is 0 Å². The zero-order valence-electron chi connectivity index (χ0n) is 20.3. The second kappa shape index (κ2) is 11.2.